The number of aliphatic hydroxyl groups excluding tert-OH is 1. The first kappa shape index (κ1) is 6.73. The smallest absolute Gasteiger partial charge is 0.250 e. The predicted octanol–water partition coefficient (Wildman–Crippen LogP) is 0.185. The van der Waals surface area contributed by atoms with Gasteiger partial charge in [-0.2, -0.15) is 0 Å². The summed E-state index contributed by atoms with van der Waals surface area (Å²) < 4.78 is 9.53. The maximum atomic E-state index is 9.94. The number of hydrogen-bond donors (Lipinski definition) is 1. The Bertz CT molecular complexity index is 88.2. The topological polar surface area (TPSA) is 54.4 Å². The largest absolute Gasteiger partial charge is 0.385 e. The fourth-order valence-electron chi connectivity index (χ4n) is 0.0763. The van der Waals surface area contributed by atoms with Crippen LogP contribution in [0.15, 0.2) is 0 Å². The number of carbonyl (C=O) groups is 1. The van der Waals surface area contributed by atoms with Gasteiger partial charge in [0, 0.05) is 0 Å². The Morgan fingerprint density at radius 2 is 2.29 bits per heavy atom. The van der Waals surface area contributed by atoms with Crippen molar-refractivity contribution in [2.24, 2.45) is 0 Å². The van der Waals surface area contributed by atoms with Crippen molar-refractivity contribution in [1.82, 2.24) is 0 Å². The molecule has 1 atom stereocenters. The third kappa shape index (κ3) is 2.43. The van der Waals surface area contributed by atoms with E-state index in [0.29, 0.717) is 0 Å². The molecular weight excluding hydrogens is 115 g/mol. The lowest BCUT2D eigenvalue weighted by atomic mass is 10.5. The third-order valence-electron chi connectivity index (χ3n) is 0.447. The Hall–Kier alpha value is -0.270. The number of rotatable bonds is 2. The lowest BCUT2D eigenvalue weighted by Gasteiger charge is -1.88. The van der Waals surface area contributed by atoms with Crippen LogP contribution in [0.25, 0.3) is 0 Å². The third-order valence-corrected chi connectivity index (χ3v) is 1.00. The maximum Gasteiger partial charge on any atom is 0.250 e. The summed E-state index contributed by atoms with van der Waals surface area (Å²) in [5, 5.41) is 8.26. The fourth-order valence-corrected chi connectivity index (χ4v) is 0.229. The summed E-state index contributed by atoms with van der Waals surface area (Å²) in [6.07, 6.45) is -1.10. The Morgan fingerprint density at radius 1 is 1.86 bits per heavy atom. The average molecular weight is 120 g/mol. The van der Waals surface area contributed by atoms with Gasteiger partial charge in [-0.25, -0.2) is 0 Å². The van der Waals surface area contributed by atoms with Crippen LogP contribution in [0.2, 0.25) is 0 Å². The minimum absolute atomic E-state index is 0.617. The number of hydrogen-bond acceptors (Lipinski definition) is 3. The Labute approximate surface area is 42.5 Å². The lowest BCUT2D eigenvalue weighted by molar-refractivity contribution is -0.117. The van der Waals surface area contributed by atoms with Gasteiger partial charge < -0.3 is 5.11 Å². The standard InChI is InChI=1S/C3H5O3P/c1-2(4)3(5)7-6/h2,4H,1H3/t2-/m0/s1. The highest BCUT2D eigenvalue weighted by atomic mass is 31.1. The molecule has 0 bridgehead atoms. The molecule has 7 heavy (non-hydrogen) atoms. The van der Waals surface area contributed by atoms with Crippen molar-refractivity contribution in [3.8, 4) is 0 Å². The molecule has 3 nitrogen and oxygen atoms in total. The monoisotopic (exact) mass is 120 g/mol. The average Bonchev–Trinajstić information content (AvgIpc) is 1.65. The lowest BCUT2D eigenvalue weighted by Crippen LogP contribution is -2.07. The molecule has 4 heteroatoms. The first-order valence-electron chi connectivity index (χ1n) is 1.73. The maximum absolute atomic E-state index is 9.94. The molecular formula is C3H5O3P. The summed E-state index contributed by atoms with van der Waals surface area (Å²) in [6.45, 7) is 1.27. The second kappa shape index (κ2) is 2.83. The van der Waals surface area contributed by atoms with E-state index in [-0.39, 0.29) is 0 Å². The van der Waals surface area contributed by atoms with Crippen molar-refractivity contribution in [2.75, 3.05) is 0 Å². The molecule has 0 amide bonds. The molecule has 0 saturated carbocycles. The Kier molecular flexibility index (Phi) is 2.72. The first-order valence-corrected chi connectivity index (χ1v) is 2.55. The van der Waals surface area contributed by atoms with E-state index in [9.17, 15) is 9.36 Å². The fraction of sp³-hybridized carbons (Fsp3) is 0.667. The number of aliphatic hydroxyl groups is 1. The molecule has 0 aromatic rings. The quantitative estimate of drug-likeness (QED) is 0.529. The summed E-state index contributed by atoms with van der Waals surface area (Å²) in [6, 6.07) is 0. The summed E-state index contributed by atoms with van der Waals surface area (Å²) in [4.78, 5) is 9.94. The van der Waals surface area contributed by atoms with Crippen LogP contribution in [0.4, 0.5) is 0 Å². The zero-order valence-electron chi connectivity index (χ0n) is 3.79. The van der Waals surface area contributed by atoms with E-state index in [1.807, 2.05) is 0 Å². The second-order valence-corrected chi connectivity index (χ2v) is 1.73. The minimum atomic E-state index is -1.10. The van der Waals surface area contributed by atoms with Crippen LogP contribution in [-0.4, -0.2) is 16.7 Å². The van der Waals surface area contributed by atoms with Gasteiger partial charge >= 0.3 is 0 Å². The van der Waals surface area contributed by atoms with E-state index in [2.05, 4.69) is 0 Å². The van der Waals surface area contributed by atoms with E-state index >= 15 is 0 Å². The molecule has 0 unspecified atom stereocenters. The molecule has 0 fully saturated rings. The van der Waals surface area contributed by atoms with Crippen LogP contribution in [0.5, 0.6) is 0 Å². The van der Waals surface area contributed by atoms with Gasteiger partial charge in [0.25, 0.3) is 5.52 Å². The van der Waals surface area contributed by atoms with Crippen molar-refractivity contribution < 1.29 is 14.5 Å². The zero-order chi connectivity index (χ0) is 5.86. The Balaban J connectivity index is 3.56. The molecule has 0 saturated heterocycles. The zero-order valence-corrected chi connectivity index (χ0v) is 4.68. The van der Waals surface area contributed by atoms with Crippen LogP contribution < -0.4 is 0 Å². The molecule has 0 aliphatic rings. The molecule has 0 rings (SSSR count). The summed E-state index contributed by atoms with van der Waals surface area (Å²) in [7, 11) is -0.617. The van der Waals surface area contributed by atoms with E-state index in [0.717, 1.165) is 0 Å². The van der Waals surface area contributed by atoms with Crippen LogP contribution in [-0.2, 0) is 9.36 Å². The molecule has 0 aliphatic carbocycles. The van der Waals surface area contributed by atoms with E-state index in [1.165, 1.54) is 6.92 Å². The predicted molar refractivity (Wildman–Crippen MR) is 24.3 cm³/mol. The molecule has 0 aliphatic heterocycles. The van der Waals surface area contributed by atoms with Crippen LogP contribution in [0.3, 0.4) is 0 Å². The number of carbonyl (C=O) groups excluding carboxylic acids is 1. The molecule has 0 heterocycles. The van der Waals surface area contributed by atoms with Crippen molar-refractivity contribution in [3.05, 3.63) is 0 Å². The summed E-state index contributed by atoms with van der Waals surface area (Å²) >= 11 is 0. The Morgan fingerprint density at radius 3 is 2.29 bits per heavy atom. The van der Waals surface area contributed by atoms with Gasteiger partial charge in [0.2, 0.25) is 8.46 Å². The van der Waals surface area contributed by atoms with E-state index in [4.69, 9.17) is 5.11 Å². The van der Waals surface area contributed by atoms with Crippen molar-refractivity contribution >= 4 is 14.0 Å². The van der Waals surface area contributed by atoms with Crippen LogP contribution in [0, 0.1) is 0 Å². The summed E-state index contributed by atoms with van der Waals surface area (Å²) in [5.41, 5.74) is -0.681. The van der Waals surface area contributed by atoms with Gasteiger partial charge in [0.1, 0.15) is 6.10 Å². The molecule has 0 aromatic carbocycles. The normalized spacial score (nSPS) is 14.0. The van der Waals surface area contributed by atoms with Gasteiger partial charge in [-0.15, -0.1) is 0 Å². The molecule has 0 aromatic heterocycles. The molecule has 40 valence electrons. The minimum Gasteiger partial charge on any atom is -0.385 e. The second-order valence-electron chi connectivity index (χ2n) is 1.11. The molecule has 0 radical (unpaired) electrons. The SMILES string of the molecule is C[C@H](O)C(=O)P=O. The van der Waals surface area contributed by atoms with E-state index < -0.39 is 20.1 Å². The highest BCUT2D eigenvalue weighted by Gasteiger charge is 2.05. The van der Waals surface area contributed by atoms with E-state index in [1.54, 1.807) is 0 Å². The van der Waals surface area contributed by atoms with Gasteiger partial charge in [-0.05, 0) is 6.92 Å². The van der Waals surface area contributed by atoms with Gasteiger partial charge in [-0.3, -0.25) is 9.36 Å². The van der Waals surface area contributed by atoms with Crippen molar-refractivity contribution in [1.29, 1.82) is 0 Å². The van der Waals surface area contributed by atoms with Gasteiger partial charge in [0.15, 0.2) is 0 Å². The van der Waals surface area contributed by atoms with Gasteiger partial charge in [0.05, 0.1) is 0 Å². The van der Waals surface area contributed by atoms with Gasteiger partial charge in [-0.1, -0.05) is 0 Å². The van der Waals surface area contributed by atoms with Crippen molar-refractivity contribution in [2.45, 2.75) is 13.0 Å². The summed E-state index contributed by atoms with van der Waals surface area (Å²) in [5.74, 6) is 0. The molecule has 1 N–H and O–H groups in total. The molecule has 0 spiro atoms. The first-order chi connectivity index (χ1) is 3.18. The van der Waals surface area contributed by atoms with Crippen LogP contribution >= 0.6 is 8.46 Å². The highest BCUT2D eigenvalue weighted by molar-refractivity contribution is 7.46. The van der Waals surface area contributed by atoms with Crippen LogP contribution in [0.1, 0.15) is 6.92 Å². The van der Waals surface area contributed by atoms with Crippen molar-refractivity contribution in [3.63, 3.8) is 0 Å². The highest BCUT2D eigenvalue weighted by Crippen LogP contribution is 1.97.